The van der Waals surface area contributed by atoms with E-state index in [1.165, 1.54) is 70.3 Å². The largest absolute Gasteiger partial charge is 0.387 e. The summed E-state index contributed by atoms with van der Waals surface area (Å²) in [5, 5.41) is 13.1. The van der Waals surface area contributed by atoms with E-state index in [1.807, 2.05) is 0 Å². The van der Waals surface area contributed by atoms with Gasteiger partial charge in [-0.2, -0.15) is 8.42 Å². The maximum absolute atomic E-state index is 12.4. The van der Waals surface area contributed by atoms with Crippen molar-refractivity contribution in [3.8, 4) is 0 Å². The number of hydrogen-bond donors (Lipinski definition) is 3. The molecule has 0 aliphatic heterocycles. The van der Waals surface area contributed by atoms with Gasteiger partial charge in [0.25, 0.3) is 10.1 Å². The summed E-state index contributed by atoms with van der Waals surface area (Å²) in [4.78, 5) is 12.4. The molecule has 3 N–H and O–H groups in total. The van der Waals surface area contributed by atoms with Crippen LogP contribution in [-0.2, 0) is 14.9 Å². The van der Waals surface area contributed by atoms with Crippen LogP contribution < -0.4 is 5.32 Å². The van der Waals surface area contributed by atoms with Crippen LogP contribution in [0.2, 0.25) is 0 Å². The Bertz CT molecular complexity index is 951. The molecule has 0 aromatic rings. The number of unbranched alkanes of at least 4 members (excludes halogenated alkanes) is 16. The molecule has 0 aliphatic carbocycles. The highest BCUT2D eigenvalue weighted by molar-refractivity contribution is 7.85. The molecule has 0 rings (SSSR count). The molecule has 2 unspecified atom stereocenters. The molecular formula is C39H69NO5S. The Morgan fingerprint density at radius 1 is 0.587 bits per heavy atom. The van der Waals surface area contributed by atoms with Gasteiger partial charge in [-0.1, -0.05) is 152 Å². The number of aliphatic hydroxyl groups is 1. The molecule has 0 radical (unpaired) electrons. The second-order valence-electron chi connectivity index (χ2n) is 12.5. The quantitative estimate of drug-likeness (QED) is 0.0377. The predicted octanol–water partition coefficient (Wildman–Crippen LogP) is 10.5. The summed E-state index contributed by atoms with van der Waals surface area (Å²) in [7, 11) is -4.35. The summed E-state index contributed by atoms with van der Waals surface area (Å²) in [6.07, 6.45) is 45.1. The lowest BCUT2D eigenvalue weighted by Crippen LogP contribution is -2.46. The maximum atomic E-state index is 12.4. The van der Waals surface area contributed by atoms with Crippen molar-refractivity contribution < 1.29 is 22.9 Å². The summed E-state index contributed by atoms with van der Waals surface area (Å²) in [6, 6.07) is -1.08. The van der Waals surface area contributed by atoms with Crippen LogP contribution in [-0.4, -0.2) is 41.9 Å². The number of carbonyl (C=O) groups excluding carboxylic acids is 1. The van der Waals surface area contributed by atoms with Crippen LogP contribution in [0.3, 0.4) is 0 Å². The van der Waals surface area contributed by atoms with Gasteiger partial charge in [-0.3, -0.25) is 9.35 Å². The van der Waals surface area contributed by atoms with E-state index in [2.05, 4.69) is 67.8 Å². The molecule has 0 aromatic carbocycles. The zero-order valence-corrected chi connectivity index (χ0v) is 30.2. The van der Waals surface area contributed by atoms with Crippen molar-refractivity contribution in [1.82, 2.24) is 5.32 Å². The number of carbonyl (C=O) groups is 1. The maximum Gasteiger partial charge on any atom is 0.267 e. The Morgan fingerprint density at radius 3 is 1.59 bits per heavy atom. The smallest absolute Gasteiger partial charge is 0.267 e. The van der Waals surface area contributed by atoms with Crippen molar-refractivity contribution in [2.45, 2.75) is 174 Å². The number of rotatable bonds is 32. The second-order valence-corrected chi connectivity index (χ2v) is 14.0. The number of hydrogen-bond acceptors (Lipinski definition) is 4. The van der Waals surface area contributed by atoms with E-state index >= 15 is 0 Å². The molecule has 0 aromatic heterocycles. The first-order valence-electron chi connectivity index (χ1n) is 18.5. The van der Waals surface area contributed by atoms with Gasteiger partial charge in [-0.25, -0.2) is 0 Å². The number of nitrogens with one attached hydrogen (secondary N) is 1. The van der Waals surface area contributed by atoms with Crippen LogP contribution in [0, 0.1) is 0 Å². The third-order valence-corrected chi connectivity index (χ3v) is 8.70. The summed E-state index contributed by atoms with van der Waals surface area (Å²) >= 11 is 0. The van der Waals surface area contributed by atoms with E-state index in [0.717, 1.165) is 70.6 Å². The molecule has 0 aliphatic rings. The van der Waals surface area contributed by atoms with Crippen molar-refractivity contribution in [3.63, 3.8) is 0 Å². The van der Waals surface area contributed by atoms with E-state index in [9.17, 15) is 22.9 Å². The van der Waals surface area contributed by atoms with Gasteiger partial charge in [0, 0.05) is 6.42 Å². The summed E-state index contributed by atoms with van der Waals surface area (Å²) in [5.41, 5.74) is 0. The first-order valence-corrected chi connectivity index (χ1v) is 20.1. The van der Waals surface area contributed by atoms with Crippen molar-refractivity contribution in [2.24, 2.45) is 0 Å². The van der Waals surface area contributed by atoms with Crippen LogP contribution in [0.25, 0.3) is 0 Å². The van der Waals surface area contributed by atoms with Gasteiger partial charge < -0.3 is 10.4 Å². The zero-order chi connectivity index (χ0) is 34.0. The molecule has 1 amide bonds. The van der Waals surface area contributed by atoms with Gasteiger partial charge in [0.05, 0.1) is 17.9 Å². The van der Waals surface area contributed by atoms with Gasteiger partial charge in [-0.15, -0.1) is 0 Å². The molecule has 0 bridgehead atoms. The Kier molecular flexibility index (Phi) is 31.6. The Balaban J connectivity index is 3.89. The molecule has 7 heteroatoms. The fraction of sp³-hybridized carbons (Fsp3) is 0.718. The first kappa shape index (κ1) is 44.0. The fourth-order valence-electron chi connectivity index (χ4n) is 5.10. The molecular weight excluding hydrogens is 594 g/mol. The summed E-state index contributed by atoms with van der Waals surface area (Å²) in [6.45, 7) is 4.41. The predicted molar refractivity (Wildman–Crippen MR) is 198 cm³/mol. The van der Waals surface area contributed by atoms with Gasteiger partial charge in [0.1, 0.15) is 0 Å². The van der Waals surface area contributed by atoms with Crippen molar-refractivity contribution in [1.29, 1.82) is 0 Å². The highest BCUT2D eigenvalue weighted by atomic mass is 32.2. The average molecular weight is 664 g/mol. The summed E-state index contributed by atoms with van der Waals surface area (Å²) < 4.78 is 32.2. The van der Waals surface area contributed by atoms with E-state index in [4.69, 9.17) is 0 Å². The lowest BCUT2D eigenvalue weighted by molar-refractivity contribution is -0.122. The number of amides is 1. The van der Waals surface area contributed by atoms with Gasteiger partial charge in [0.15, 0.2) is 0 Å². The standard InChI is InChI=1S/C39H69NO5S/c1-3-5-7-9-11-13-14-15-16-17-18-19-20-21-22-23-24-25-26-27-29-31-33-35-39(42)40-37(36-46(43,44)45)38(41)34-32-30-28-12-10-8-6-4-2/h10,12,14-15,17-18,20-21,32,34,37-38,41H,3-9,11,13,16,19,22-31,33,35-36H2,1-2H3,(H,40,42)(H,43,44,45)/b12-10+,15-14-,18-17-,21-20-,34-32+. The molecule has 0 saturated carbocycles. The summed E-state index contributed by atoms with van der Waals surface area (Å²) in [5.74, 6) is -1.02. The molecule has 266 valence electrons. The molecule has 0 saturated heterocycles. The van der Waals surface area contributed by atoms with Gasteiger partial charge in [-0.05, 0) is 64.2 Å². The van der Waals surface area contributed by atoms with Crippen molar-refractivity contribution in [2.75, 3.05) is 5.75 Å². The van der Waals surface area contributed by atoms with E-state index < -0.39 is 28.0 Å². The van der Waals surface area contributed by atoms with E-state index in [1.54, 1.807) is 6.08 Å². The number of allylic oxidation sites excluding steroid dienone is 9. The molecule has 2 atom stereocenters. The van der Waals surface area contributed by atoms with Gasteiger partial charge in [0.2, 0.25) is 5.91 Å². The highest BCUT2D eigenvalue weighted by Gasteiger charge is 2.24. The number of aliphatic hydroxyl groups excluding tert-OH is 1. The highest BCUT2D eigenvalue weighted by Crippen LogP contribution is 2.12. The normalized spacial score (nSPS) is 14.1. The minimum absolute atomic E-state index is 0.276. The van der Waals surface area contributed by atoms with Crippen LogP contribution >= 0.6 is 0 Å². The molecule has 0 spiro atoms. The minimum atomic E-state index is -4.35. The molecule has 6 nitrogen and oxygen atoms in total. The third kappa shape index (κ3) is 33.4. The van der Waals surface area contributed by atoms with Crippen LogP contribution in [0.15, 0.2) is 60.8 Å². The minimum Gasteiger partial charge on any atom is -0.387 e. The molecule has 46 heavy (non-hydrogen) atoms. The fourth-order valence-corrected chi connectivity index (χ4v) is 5.84. The topological polar surface area (TPSA) is 104 Å². The van der Waals surface area contributed by atoms with Crippen molar-refractivity contribution in [3.05, 3.63) is 60.8 Å². The van der Waals surface area contributed by atoms with Crippen LogP contribution in [0.5, 0.6) is 0 Å². The second kappa shape index (κ2) is 33.0. The first-order chi connectivity index (χ1) is 22.3. The lowest BCUT2D eigenvalue weighted by Gasteiger charge is -2.21. The van der Waals surface area contributed by atoms with Crippen molar-refractivity contribution >= 4 is 16.0 Å². The Labute approximate surface area is 283 Å². The third-order valence-electron chi connectivity index (χ3n) is 7.92. The Hall–Kier alpha value is -1.96. The monoisotopic (exact) mass is 663 g/mol. The Morgan fingerprint density at radius 2 is 1.02 bits per heavy atom. The van der Waals surface area contributed by atoms with Crippen LogP contribution in [0.4, 0.5) is 0 Å². The lowest BCUT2D eigenvalue weighted by atomic mass is 10.1. The molecule has 0 heterocycles. The van der Waals surface area contributed by atoms with Gasteiger partial charge >= 0.3 is 0 Å². The van der Waals surface area contributed by atoms with E-state index in [-0.39, 0.29) is 12.3 Å². The van der Waals surface area contributed by atoms with E-state index in [0.29, 0.717) is 6.42 Å². The zero-order valence-electron chi connectivity index (χ0n) is 29.4. The molecule has 0 fully saturated rings. The van der Waals surface area contributed by atoms with Crippen LogP contribution in [0.1, 0.15) is 162 Å². The SMILES string of the molecule is CCCC/C=C/CC/C=C/C(O)C(CS(=O)(=O)O)NC(=O)CCCCCCCCCC/C=C\C/C=C\C/C=C\CCCCCCC. The average Bonchev–Trinajstić information content (AvgIpc) is 3.01.